The molecule has 0 aliphatic carbocycles. The van der Waals surface area contributed by atoms with Gasteiger partial charge in [-0.15, -0.1) is 0 Å². The first-order valence-electron chi connectivity index (χ1n) is 9.76. The van der Waals surface area contributed by atoms with Crippen LogP contribution in [0.1, 0.15) is 34.6 Å². The van der Waals surface area contributed by atoms with Crippen molar-refractivity contribution in [2.24, 2.45) is 0 Å². The number of carboxylic acid groups (broad SMARTS) is 1. The average Bonchev–Trinajstić information content (AvgIpc) is 2.99. The van der Waals surface area contributed by atoms with Crippen molar-refractivity contribution < 1.29 is 42.7 Å². The fourth-order valence-corrected chi connectivity index (χ4v) is 5.74. The zero-order chi connectivity index (χ0) is 23.6. The number of likely N-dealkylation sites (tertiary alicyclic amines) is 1. The largest absolute Gasteiger partial charge is 0.479 e. The first-order chi connectivity index (χ1) is 15.2. The van der Waals surface area contributed by atoms with Crippen LogP contribution in [0.25, 0.3) is 0 Å². The summed E-state index contributed by atoms with van der Waals surface area (Å²) in [4.78, 5) is 63.2. The van der Waals surface area contributed by atoms with Crippen molar-refractivity contribution in [3.63, 3.8) is 0 Å². The number of hydrogen-bond acceptors (Lipinski definition) is 8. The SMILES string of the molecule is CCOP(=O)(OCC)C(C(=O)O)N1C(=O)[C@@H](N2C(=O)c3ccccc3C2=O)[C@H]1C=CC=O. The van der Waals surface area contributed by atoms with Crippen LogP contribution in [0.3, 0.4) is 0 Å². The second-order valence-corrected chi connectivity index (χ2v) is 8.90. The standard InChI is InChI=1S/C20H21N2O9P/c1-3-30-32(29,31-4-2)19(20(27)28)21-14(10-7-11-23)15(18(21)26)22-16(24)12-8-5-6-9-13(12)17(22)25/h5-11,14-15,19H,3-4H2,1-2H3,(H,27,28)/t14-,15+,19?/m1/s1. The van der Waals surface area contributed by atoms with Crippen LogP contribution in [0.4, 0.5) is 0 Å². The van der Waals surface area contributed by atoms with Gasteiger partial charge in [0.15, 0.2) is 0 Å². The third-order valence-corrected chi connectivity index (χ3v) is 7.35. The predicted octanol–water partition coefficient (Wildman–Crippen LogP) is 1.29. The zero-order valence-corrected chi connectivity index (χ0v) is 18.1. The van der Waals surface area contributed by atoms with E-state index in [0.29, 0.717) is 11.2 Å². The topological polar surface area (TPSA) is 148 Å². The fourth-order valence-electron chi connectivity index (χ4n) is 3.83. The van der Waals surface area contributed by atoms with E-state index in [2.05, 4.69) is 0 Å². The van der Waals surface area contributed by atoms with Gasteiger partial charge in [-0.25, -0.2) is 4.79 Å². The summed E-state index contributed by atoms with van der Waals surface area (Å²) in [5.41, 5.74) is 0.205. The maximum Gasteiger partial charge on any atom is 0.364 e. The molecule has 2 aliphatic rings. The molecule has 170 valence electrons. The fraction of sp³-hybridized carbons (Fsp3) is 0.350. The van der Waals surface area contributed by atoms with Gasteiger partial charge in [0, 0.05) is 0 Å². The van der Waals surface area contributed by atoms with E-state index in [-0.39, 0.29) is 24.3 Å². The van der Waals surface area contributed by atoms with E-state index >= 15 is 0 Å². The molecule has 1 saturated heterocycles. The van der Waals surface area contributed by atoms with E-state index in [1.54, 1.807) is 12.1 Å². The summed E-state index contributed by atoms with van der Waals surface area (Å²) in [6.07, 6.45) is 2.56. The number of fused-ring (bicyclic) bond motifs is 1. The molecule has 11 nitrogen and oxygen atoms in total. The van der Waals surface area contributed by atoms with Crippen molar-refractivity contribution in [2.75, 3.05) is 13.2 Å². The maximum atomic E-state index is 13.2. The summed E-state index contributed by atoms with van der Waals surface area (Å²) >= 11 is 0. The lowest BCUT2D eigenvalue weighted by Crippen LogP contribution is -2.74. The Morgan fingerprint density at radius 3 is 2.09 bits per heavy atom. The predicted molar refractivity (Wildman–Crippen MR) is 109 cm³/mol. The van der Waals surface area contributed by atoms with Crippen LogP contribution in [0.15, 0.2) is 36.4 Å². The minimum atomic E-state index is -4.37. The third-order valence-electron chi connectivity index (χ3n) is 5.04. The molecular formula is C20H21N2O9P. The Bertz CT molecular complexity index is 1010. The lowest BCUT2D eigenvalue weighted by Gasteiger charge is -2.51. The number of aliphatic carboxylic acids is 1. The van der Waals surface area contributed by atoms with Gasteiger partial charge in [0.1, 0.15) is 12.3 Å². The summed E-state index contributed by atoms with van der Waals surface area (Å²) in [7, 11) is -4.37. The van der Waals surface area contributed by atoms with E-state index in [1.807, 2.05) is 0 Å². The third kappa shape index (κ3) is 3.68. The molecule has 2 heterocycles. The van der Waals surface area contributed by atoms with Crippen LogP contribution in [-0.4, -0.2) is 76.0 Å². The zero-order valence-electron chi connectivity index (χ0n) is 17.2. The van der Waals surface area contributed by atoms with Crippen LogP contribution in [-0.2, 0) is 28.0 Å². The number of carbonyl (C=O) groups excluding carboxylic acids is 4. The molecule has 2 aliphatic heterocycles. The number of nitrogens with zero attached hydrogens (tertiary/aromatic N) is 2. The average molecular weight is 464 g/mol. The number of amides is 3. The Kier molecular flexibility index (Phi) is 6.73. The number of benzene rings is 1. The van der Waals surface area contributed by atoms with Gasteiger partial charge in [0.05, 0.1) is 30.4 Å². The highest BCUT2D eigenvalue weighted by Crippen LogP contribution is 2.56. The van der Waals surface area contributed by atoms with E-state index < -0.39 is 49.2 Å². The number of allylic oxidation sites excluding steroid dienone is 1. The number of carboxylic acids is 1. The molecule has 3 amide bonds. The quantitative estimate of drug-likeness (QED) is 0.178. The Labute approximate surface area is 183 Å². The summed E-state index contributed by atoms with van der Waals surface area (Å²) in [6, 6.07) is 3.35. The van der Waals surface area contributed by atoms with Gasteiger partial charge in [-0.1, -0.05) is 18.2 Å². The number of β-lactam (4-membered cyclic amide) rings is 1. The van der Waals surface area contributed by atoms with Crippen LogP contribution >= 0.6 is 7.60 Å². The molecule has 0 aromatic heterocycles. The van der Waals surface area contributed by atoms with Gasteiger partial charge in [-0.2, -0.15) is 0 Å². The summed E-state index contributed by atoms with van der Waals surface area (Å²) < 4.78 is 23.5. The number of rotatable bonds is 10. The van der Waals surface area contributed by atoms with Gasteiger partial charge in [0.2, 0.25) is 11.7 Å². The van der Waals surface area contributed by atoms with Crippen LogP contribution in [0.2, 0.25) is 0 Å². The van der Waals surface area contributed by atoms with Crippen molar-refractivity contribution in [3.8, 4) is 0 Å². The molecule has 1 unspecified atom stereocenters. The van der Waals surface area contributed by atoms with E-state index in [1.165, 1.54) is 32.1 Å². The van der Waals surface area contributed by atoms with Crippen molar-refractivity contribution in [1.82, 2.24) is 9.80 Å². The molecule has 32 heavy (non-hydrogen) atoms. The molecule has 3 rings (SSSR count). The van der Waals surface area contributed by atoms with Gasteiger partial charge in [-0.3, -0.25) is 28.6 Å². The highest BCUT2D eigenvalue weighted by molar-refractivity contribution is 7.55. The van der Waals surface area contributed by atoms with Gasteiger partial charge >= 0.3 is 13.6 Å². The lowest BCUT2D eigenvalue weighted by molar-refractivity contribution is -0.162. The highest BCUT2D eigenvalue weighted by atomic mass is 31.2. The second-order valence-electron chi connectivity index (χ2n) is 6.82. The molecule has 3 atom stereocenters. The van der Waals surface area contributed by atoms with Crippen LogP contribution < -0.4 is 0 Å². The maximum absolute atomic E-state index is 13.2. The lowest BCUT2D eigenvalue weighted by atomic mass is 9.92. The van der Waals surface area contributed by atoms with E-state index in [0.717, 1.165) is 11.0 Å². The van der Waals surface area contributed by atoms with Crippen LogP contribution in [0, 0.1) is 0 Å². The molecule has 1 aromatic carbocycles. The Morgan fingerprint density at radius 2 is 1.66 bits per heavy atom. The Hall–Kier alpha value is -3.14. The first-order valence-corrected chi connectivity index (χ1v) is 11.4. The van der Waals surface area contributed by atoms with E-state index in [9.17, 15) is 33.6 Å². The minimum Gasteiger partial charge on any atom is -0.479 e. The molecule has 1 fully saturated rings. The summed E-state index contributed by atoms with van der Waals surface area (Å²) in [6.45, 7) is 2.65. The van der Waals surface area contributed by atoms with Crippen LogP contribution in [0.5, 0.6) is 0 Å². The smallest absolute Gasteiger partial charge is 0.364 e. The van der Waals surface area contributed by atoms with Gasteiger partial charge < -0.3 is 19.1 Å². The van der Waals surface area contributed by atoms with Crippen molar-refractivity contribution >= 4 is 37.6 Å². The van der Waals surface area contributed by atoms with E-state index in [4.69, 9.17) is 9.05 Å². The number of aldehydes is 1. The Morgan fingerprint density at radius 1 is 1.12 bits per heavy atom. The second kappa shape index (κ2) is 9.15. The number of carbonyl (C=O) groups is 5. The first kappa shape index (κ1) is 23.5. The molecule has 0 spiro atoms. The molecule has 1 aromatic rings. The highest BCUT2D eigenvalue weighted by Gasteiger charge is 2.62. The monoisotopic (exact) mass is 464 g/mol. The normalized spacial score (nSPS) is 21.6. The van der Waals surface area contributed by atoms with Crippen molar-refractivity contribution in [1.29, 1.82) is 0 Å². The summed E-state index contributed by atoms with van der Waals surface area (Å²) in [5, 5.41) is 9.79. The van der Waals surface area contributed by atoms with Crippen molar-refractivity contribution in [3.05, 3.63) is 47.5 Å². The Balaban J connectivity index is 2.03. The molecule has 0 bridgehead atoms. The molecule has 0 saturated carbocycles. The molecule has 1 N–H and O–H groups in total. The van der Waals surface area contributed by atoms with Crippen molar-refractivity contribution in [2.45, 2.75) is 31.7 Å². The number of imide groups is 1. The molecule has 12 heteroatoms. The minimum absolute atomic E-state index is 0.103. The molecular weight excluding hydrogens is 443 g/mol. The van der Waals surface area contributed by atoms with Gasteiger partial charge in [-0.05, 0) is 32.1 Å². The number of hydrogen-bond donors (Lipinski definition) is 1. The van der Waals surface area contributed by atoms with Gasteiger partial charge in [0.25, 0.3) is 11.8 Å². The summed E-state index contributed by atoms with van der Waals surface area (Å²) in [5.74, 6) is -6.08. The molecule has 0 radical (unpaired) electrons.